The number of carboxylic acid groups (broad SMARTS) is 1. The van der Waals surface area contributed by atoms with Crippen LogP contribution in [0.25, 0.3) is 0 Å². The normalized spacial score (nSPS) is 22.3. The summed E-state index contributed by atoms with van der Waals surface area (Å²) >= 11 is 1.39. The van der Waals surface area contributed by atoms with Crippen LogP contribution in [0.2, 0.25) is 0 Å². The molecule has 1 fully saturated rings. The van der Waals surface area contributed by atoms with E-state index in [1.807, 2.05) is 4.90 Å². The van der Waals surface area contributed by atoms with Gasteiger partial charge in [0, 0.05) is 6.54 Å². The Morgan fingerprint density at radius 1 is 1.64 bits per heavy atom. The minimum atomic E-state index is -0.764. The van der Waals surface area contributed by atoms with E-state index in [0.29, 0.717) is 6.42 Å². The highest BCUT2D eigenvalue weighted by molar-refractivity contribution is 7.13. The second-order valence-corrected chi connectivity index (χ2v) is 4.08. The smallest absolute Gasteiger partial charge is 0.326 e. The minimum absolute atomic E-state index is 0.420. The van der Waals surface area contributed by atoms with E-state index < -0.39 is 12.0 Å². The highest BCUT2D eigenvalue weighted by Crippen LogP contribution is 2.25. The van der Waals surface area contributed by atoms with E-state index in [9.17, 15) is 4.79 Å². The lowest BCUT2D eigenvalue weighted by molar-refractivity contribution is -0.139. The summed E-state index contributed by atoms with van der Waals surface area (Å²) in [6, 6.07) is -0.420. The maximum atomic E-state index is 11.0. The molecule has 1 aliphatic heterocycles. The zero-order valence-corrected chi connectivity index (χ0v) is 8.40. The van der Waals surface area contributed by atoms with Gasteiger partial charge < -0.3 is 10.0 Å². The number of aliphatic carboxylic acids is 1. The topological polar surface area (TPSA) is 66.3 Å². The summed E-state index contributed by atoms with van der Waals surface area (Å²) in [5.74, 6) is -0.764. The van der Waals surface area contributed by atoms with Gasteiger partial charge in [-0.2, -0.15) is 0 Å². The zero-order valence-electron chi connectivity index (χ0n) is 7.59. The van der Waals surface area contributed by atoms with Crippen molar-refractivity contribution in [2.75, 3.05) is 11.4 Å². The molecular formula is C8H11N3O2S. The van der Waals surface area contributed by atoms with Crippen LogP contribution < -0.4 is 4.90 Å². The van der Waals surface area contributed by atoms with Gasteiger partial charge in [0.15, 0.2) is 0 Å². The molecular weight excluding hydrogens is 202 g/mol. The van der Waals surface area contributed by atoms with Crippen LogP contribution in [0.1, 0.15) is 19.3 Å². The number of carboxylic acids is 1. The molecule has 1 aromatic heterocycles. The summed E-state index contributed by atoms with van der Waals surface area (Å²) in [6.07, 6.45) is 2.71. The Balaban J connectivity index is 2.18. The lowest BCUT2D eigenvalue weighted by atomic mass is 10.0. The average molecular weight is 213 g/mol. The quantitative estimate of drug-likeness (QED) is 0.793. The molecule has 0 aromatic carbocycles. The van der Waals surface area contributed by atoms with Crippen LogP contribution in [-0.4, -0.2) is 33.9 Å². The van der Waals surface area contributed by atoms with Crippen LogP contribution in [0, 0.1) is 0 Å². The summed E-state index contributed by atoms with van der Waals surface area (Å²) < 4.78 is 0. The van der Waals surface area contributed by atoms with E-state index >= 15 is 0 Å². The van der Waals surface area contributed by atoms with Crippen molar-refractivity contribution in [3.8, 4) is 0 Å². The van der Waals surface area contributed by atoms with Gasteiger partial charge in [0.2, 0.25) is 5.13 Å². The fourth-order valence-electron chi connectivity index (χ4n) is 1.71. The first-order chi connectivity index (χ1) is 6.79. The molecule has 0 saturated carbocycles. The molecule has 0 aliphatic carbocycles. The van der Waals surface area contributed by atoms with Crippen LogP contribution in [0.5, 0.6) is 0 Å². The maximum absolute atomic E-state index is 11.0. The van der Waals surface area contributed by atoms with Gasteiger partial charge in [0.1, 0.15) is 11.6 Å². The molecule has 1 aliphatic rings. The number of nitrogens with zero attached hydrogens (tertiary/aromatic N) is 3. The molecule has 1 N–H and O–H groups in total. The zero-order chi connectivity index (χ0) is 9.97. The minimum Gasteiger partial charge on any atom is -0.480 e. The van der Waals surface area contributed by atoms with Gasteiger partial charge in [-0.1, -0.05) is 11.3 Å². The third-order valence-corrected chi connectivity index (χ3v) is 3.11. The van der Waals surface area contributed by atoms with Crippen LogP contribution in [0.15, 0.2) is 5.51 Å². The summed E-state index contributed by atoms with van der Waals surface area (Å²) in [6.45, 7) is 0.770. The third kappa shape index (κ3) is 1.70. The fraction of sp³-hybridized carbons (Fsp3) is 0.625. The second kappa shape index (κ2) is 3.91. The van der Waals surface area contributed by atoms with Crippen LogP contribution in [0.3, 0.4) is 0 Å². The Morgan fingerprint density at radius 3 is 3.14 bits per heavy atom. The first-order valence-corrected chi connectivity index (χ1v) is 5.42. The molecule has 1 unspecified atom stereocenters. The average Bonchev–Trinajstić information content (AvgIpc) is 2.70. The van der Waals surface area contributed by atoms with Crippen LogP contribution in [-0.2, 0) is 4.79 Å². The standard InChI is InChI=1S/C8H11N3O2S/c12-7(13)6-3-1-2-4-11(6)8-10-9-5-14-8/h5-6H,1-4H2,(H,12,13). The van der Waals surface area contributed by atoms with Gasteiger partial charge in [-0.05, 0) is 19.3 Å². The van der Waals surface area contributed by atoms with E-state index in [-0.39, 0.29) is 0 Å². The highest BCUT2D eigenvalue weighted by atomic mass is 32.1. The number of hydrogen-bond acceptors (Lipinski definition) is 5. The Bertz CT molecular complexity index is 314. The van der Waals surface area contributed by atoms with Gasteiger partial charge in [-0.3, -0.25) is 0 Å². The lowest BCUT2D eigenvalue weighted by Crippen LogP contribution is -2.44. The highest BCUT2D eigenvalue weighted by Gasteiger charge is 2.29. The number of aromatic nitrogens is 2. The van der Waals surface area contributed by atoms with Crippen molar-refractivity contribution in [3.05, 3.63) is 5.51 Å². The van der Waals surface area contributed by atoms with Crippen molar-refractivity contribution in [1.82, 2.24) is 10.2 Å². The van der Waals surface area contributed by atoms with E-state index in [1.54, 1.807) is 5.51 Å². The van der Waals surface area contributed by atoms with Crippen LogP contribution >= 0.6 is 11.3 Å². The number of carbonyl (C=O) groups is 1. The van der Waals surface area contributed by atoms with Gasteiger partial charge >= 0.3 is 5.97 Å². The number of rotatable bonds is 2. The second-order valence-electron chi connectivity index (χ2n) is 3.26. The van der Waals surface area contributed by atoms with E-state index in [2.05, 4.69) is 10.2 Å². The predicted octanol–water partition coefficient (Wildman–Crippen LogP) is 0.982. The first-order valence-electron chi connectivity index (χ1n) is 4.54. The molecule has 14 heavy (non-hydrogen) atoms. The molecule has 0 radical (unpaired) electrons. The van der Waals surface area contributed by atoms with Gasteiger partial charge in [-0.25, -0.2) is 4.79 Å². The van der Waals surface area contributed by atoms with Crippen molar-refractivity contribution >= 4 is 22.4 Å². The molecule has 5 nitrogen and oxygen atoms in total. The summed E-state index contributed by atoms with van der Waals surface area (Å²) in [5.41, 5.74) is 1.63. The first kappa shape index (κ1) is 9.39. The molecule has 1 aromatic rings. The molecule has 0 amide bonds. The van der Waals surface area contributed by atoms with E-state index in [1.165, 1.54) is 11.3 Å². The summed E-state index contributed by atoms with van der Waals surface area (Å²) in [4.78, 5) is 12.8. The van der Waals surface area contributed by atoms with Crippen molar-refractivity contribution in [1.29, 1.82) is 0 Å². The monoisotopic (exact) mass is 213 g/mol. The molecule has 1 atom stereocenters. The summed E-state index contributed by atoms with van der Waals surface area (Å²) in [5, 5.41) is 17.4. The lowest BCUT2D eigenvalue weighted by Gasteiger charge is -2.32. The fourth-order valence-corrected chi connectivity index (χ4v) is 2.35. The van der Waals surface area contributed by atoms with Crippen molar-refractivity contribution in [2.24, 2.45) is 0 Å². The van der Waals surface area contributed by atoms with E-state index in [0.717, 1.165) is 24.5 Å². The number of anilines is 1. The van der Waals surface area contributed by atoms with E-state index in [4.69, 9.17) is 5.11 Å². The Morgan fingerprint density at radius 2 is 2.50 bits per heavy atom. The molecule has 2 heterocycles. The largest absolute Gasteiger partial charge is 0.480 e. The molecule has 76 valence electrons. The third-order valence-electron chi connectivity index (χ3n) is 2.38. The van der Waals surface area contributed by atoms with Crippen molar-refractivity contribution in [2.45, 2.75) is 25.3 Å². The van der Waals surface area contributed by atoms with Crippen molar-refractivity contribution in [3.63, 3.8) is 0 Å². The molecule has 0 spiro atoms. The molecule has 6 heteroatoms. The molecule has 1 saturated heterocycles. The van der Waals surface area contributed by atoms with Gasteiger partial charge in [-0.15, -0.1) is 10.2 Å². The Kier molecular flexibility index (Phi) is 2.62. The molecule has 2 rings (SSSR count). The van der Waals surface area contributed by atoms with Gasteiger partial charge in [0.05, 0.1) is 0 Å². The number of piperidine rings is 1. The Labute approximate surface area is 85.4 Å². The Hall–Kier alpha value is -1.17. The predicted molar refractivity (Wildman–Crippen MR) is 52.5 cm³/mol. The van der Waals surface area contributed by atoms with Gasteiger partial charge in [0.25, 0.3) is 0 Å². The van der Waals surface area contributed by atoms with Crippen LogP contribution in [0.4, 0.5) is 5.13 Å². The molecule has 0 bridgehead atoms. The SMILES string of the molecule is O=C(O)C1CCCCN1c1nncs1. The maximum Gasteiger partial charge on any atom is 0.326 e. The van der Waals surface area contributed by atoms with Crippen molar-refractivity contribution < 1.29 is 9.90 Å². The number of hydrogen-bond donors (Lipinski definition) is 1. The summed E-state index contributed by atoms with van der Waals surface area (Å²) in [7, 11) is 0.